The van der Waals surface area contributed by atoms with Gasteiger partial charge >= 0.3 is 0 Å². The number of halogens is 1. The Balaban J connectivity index is 2.26. The second-order valence-corrected chi connectivity index (χ2v) is 6.57. The van der Waals surface area contributed by atoms with Gasteiger partial charge in [-0.25, -0.2) is 0 Å². The van der Waals surface area contributed by atoms with E-state index in [9.17, 15) is 5.11 Å². The van der Waals surface area contributed by atoms with Crippen LogP contribution < -0.4 is 0 Å². The Morgan fingerprint density at radius 1 is 1.21 bits per heavy atom. The zero-order valence-corrected chi connectivity index (χ0v) is 12.8. The van der Waals surface area contributed by atoms with Crippen LogP contribution in [0.5, 0.6) is 0 Å². The van der Waals surface area contributed by atoms with Gasteiger partial charge in [0, 0.05) is 5.02 Å². The zero-order chi connectivity index (χ0) is 14.0. The van der Waals surface area contributed by atoms with Gasteiger partial charge in [0.05, 0.1) is 11.6 Å². The number of hydrogen-bond donors (Lipinski definition) is 1. The van der Waals surface area contributed by atoms with E-state index >= 15 is 0 Å². The van der Waals surface area contributed by atoms with E-state index in [4.69, 9.17) is 11.6 Å². The first-order valence-corrected chi connectivity index (χ1v) is 7.44. The van der Waals surface area contributed by atoms with Crippen molar-refractivity contribution in [3.63, 3.8) is 0 Å². The highest BCUT2D eigenvalue weighted by atomic mass is 35.5. The molecule has 1 unspecified atom stereocenters. The molecule has 3 heteroatoms. The van der Waals surface area contributed by atoms with Gasteiger partial charge in [-0.1, -0.05) is 30.7 Å². The predicted octanol–water partition coefficient (Wildman–Crippen LogP) is 3.88. The topological polar surface area (TPSA) is 23.5 Å². The van der Waals surface area contributed by atoms with Crippen LogP contribution in [-0.4, -0.2) is 29.6 Å². The summed E-state index contributed by atoms with van der Waals surface area (Å²) in [5.41, 5.74) is 0.827. The average molecular weight is 282 g/mol. The minimum atomic E-state index is -0.452. The summed E-state index contributed by atoms with van der Waals surface area (Å²) in [4.78, 5) is 2.21. The average Bonchev–Trinajstić information content (AvgIpc) is 2.39. The first-order valence-electron chi connectivity index (χ1n) is 7.06. The molecule has 1 saturated carbocycles. The molecule has 0 spiro atoms. The molecule has 1 aliphatic carbocycles. The lowest BCUT2D eigenvalue weighted by Gasteiger charge is -2.47. The minimum absolute atomic E-state index is 0.139. The molecule has 2 nitrogen and oxygen atoms in total. The monoisotopic (exact) mass is 281 g/mol. The number of hydrogen-bond acceptors (Lipinski definition) is 2. The smallest absolute Gasteiger partial charge is 0.0973 e. The molecule has 0 amide bonds. The van der Waals surface area contributed by atoms with Crippen molar-refractivity contribution in [3.05, 3.63) is 34.9 Å². The summed E-state index contributed by atoms with van der Waals surface area (Å²) >= 11 is 5.93. The Labute approximate surface area is 121 Å². The summed E-state index contributed by atoms with van der Waals surface area (Å²) < 4.78 is 0. The van der Waals surface area contributed by atoms with Crippen molar-refractivity contribution >= 4 is 11.6 Å². The molecule has 1 aromatic carbocycles. The fourth-order valence-corrected chi connectivity index (χ4v) is 3.31. The van der Waals surface area contributed by atoms with E-state index in [2.05, 4.69) is 25.9 Å². The van der Waals surface area contributed by atoms with Crippen LogP contribution in [0.15, 0.2) is 24.3 Å². The van der Waals surface area contributed by atoms with Gasteiger partial charge < -0.3 is 10.0 Å². The number of aliphatic hydroxyl groups is 1. The lowest BCUT2D eigenvalue weighted by molar-refractivity contribution is -0.0408. The third-order valence-corrected chi connectivity index (χ3v) is 4.98. The zero-order valence-electron chi connectivity index (χ0n) is 12.1. The van der Waals surface area contributed by atoms with Crippen LogP contribution in [0.1, 0.15) is 44.3 Å². The van der Waals surface area contributed by atoms with E-state index in [0.29, 0.717) is 5.02 Å². The Morgan fingerprint density at radius 3 is 2.21 bits per heavy atom. The van der Waals surface area contributed by atoms with Gasteiger partial charge in [0.15, 0.2) is 0 Å². The molecule has 0 bridgehead atoms. The van der Waals surface area contributed by atoms with Crippen LogP contribution in [0.2, 0.25) is 5.02 Å². The first kappa shape index (κ1) is 14.8. The number of rotatable bonds is 3. The van der Waals surface area contributed by atoms with Crippen molar-refractivity contribution < 1.29 is 5.11 Å². The molecule has 0 radical (unpaired) electrons. The summed E-state index contributed by atoms with van der Waals surface area (Å²) in [6.45, 7) is 2.30. The van der Waals surface area contributed by atoms with Crippen molar-refractivity contribution in [2.45, 2.75) is 44.2 Å². The SMILES string of the molecule is CC1CCC(C(O)c2ccc(Cl)cc2)(N(C)C)CC1. The van der Waals surface area contributed by atoms with Gasteiger partial charge in [-0.15, -0.1) is 0 Å². The predicted molar refractivity (Wildman–Crippen MR) is 80.5 cm³/mol. The lowest BCUT2D eigenvalue weighted by atomic mass is 9.71. The second-order valence-electron chi connectivity index (χ2n) is 6.13. The first-order chi connectivity index (χ1) is 8.95. The highest BCUT2D eigenvalue weighted by molar-refractivity contribution is 6.30. The van der Waals surface area contributed by atoms with Crippen LogP contribution in [0.4, 0.5) is 0 Å². The Morgan fingerprint density at radius 2 is 1.74 bits per heavy atom. The summed E-state index contributed by atoms with van der Waals surface area (Å²) in [7, 11) is 4.16. The van der Waals surface area contributed by atoms with Crippen molar-refractivity contribution in [2.24, 2.45) is 5.92 Å². The number of benzene rings is 1. The van der Waals surface area contributed by atoms with Crippen molar-refractivity contribution in [1.29, 1.82) is 0 Å². The van der Waals surface area contributed by atoms with Crippen molar-refractivity contribution in [1.82, 2.24) is 4.90 Å². The normalized spacial score (nSPS) is 29.5. The molecule has 1 aromatic rings. The molecule has 19 heavy (non-hydrogen) atoms. The van der Waals surface area contributed by atoms with Crippen molar-refractivity contribution in [3.8, 4) is 0 Å². The fourth-order valence-electron chi connectivity index (χ4n) is 3.18. The third-order valence-electron chi connectivity index (χ3n) is 4.73. The highest BCUT2D eigenvalue weighted by Crippen LogP contribution is 2.43. The maximum Gasteiger partial charge on any atom is 0.0973 e. The van der Waals surface area contributed by atoms with Crippen LogP contribution in [-0.2, 0) is 0 Å². The van der Waals surface area contributed by atoms with E-state index in [1.165, 1.54) is 12.8 Å². The molecule has 106 valence electrons. The lowest BCUT2D eigenvalue weighted by Crippen LogP contribution is -2.51. The van der Waals surface area contributed by atoms with Gasteiger partial charge in [0.2, 0.25) is 0 Å². The van der Waals surface area contributed by atoms with Gasteiger partial charge in [-0.2, -0.15) is 0 Å². The summed E-state index contributed by atoms with van der Waals surface area (Å²) in [6.07, 6.45) is 4.01. The quantitative estimate of drug-likeness (QED) is 0.909. The molecular weight excluding hydrogens is 258 g/mol. The van der Waals surface area contributed by atoms with Gasteiger partial charge in [0.25, 0.3) is 0 Å². The van der Waals surface area contributed by atoms with E-state index in [0.717, 1.165) is 24.3 Å². The molecular formula is C16H24ClNO. The molecule has 0 saturated heterocycles. The minimum Gasteiger partial charge on any atom is -0.386 e. The molecule has 0 aliphatic heterocycles. The number of nitrogens with zero attached hydrogens (tertiary/aromatic N) is 1. The summed E-state index contributed by atoms with van der Waals surface area (Å²) in [6, 6.07) is 7.59. The molecule has 1 N–H and O–H groups in total. The van der Waals surface area contributed by atoms with Crippen LogP contribution in [0.3, 0.4) is 0 Å². The van der Waals surface area contributed by atoms with E-state index in [1.807, 2.05) is 24.3 Å². The summed E-state index contributed by atoms with van der Waals surface area (Å²) in [5, 5.41) is 11.6. The van der Waals surface area contributed by atoms with Crippen molar-refractivity contribution in [2.75, 3.05) is 14.1 Å². The summed E-state index contributed by atoms with van der Waals surface area (Å²) in [5.74, 6) is 0.769. The van der Waals surface area contributed by atoms with E-state index in [-0.39, 0.29) is 5.54 Å². The van der Waals surface area contributed by atoms with Crippen LogP contribution in [0, 0.1) is 5.92 Å². The molecule has 2 rings (SSSR count). The fraction of sp³-hybridized carbons (Fsp3) is 0.625. The Kier molecular flexibility index (Phi) is 4.54. The molecule has 1 aliphatic rings. The molecule has 1 fully saturated rings. The van der Waals surface area contributed by atoms with E-state index in [1.54, 1.807) is 0 Å². The maximum absolute atomic E-state index is 10.9. The van der Waals surface area contributed by atoms with Gasteiger partial charge in [-0.3, -0.25) is 0 Å². The molecule has 1 atom stereocenters. The standard InChI is InChI=1S/C16H24ClNO/c1-12-8-10-16(11-9-12,18(2)3)15(19)13-4-6-14(17)7-5-13/h4-7,12,15,19H,8-11H2,1-3H3. The third kappa shape index (κ3) is 2.96. The molecule has 0 aromatic heterocycles. The number of likely N-dealkylation sites (N-methyl/N-ethyl adjacent to an activating group) is 1. The van der Waals surface area contributed by atoms with Gasteiger partial charge in [-0.05, 0) is 63.4 Å². The Hall–Kier alpha value is -0.570. The Bertz CT molecular complexity index is 407. The molecule has 0 heterocycles. The maximum atomic E-state index is 10.9. The second kappa shape index (κ2) is 5.82. The largest absolute Gasteiger partial charge is 0.386 e. The van der Waals surface area contributed by atoms with E-state index < -0.39 is 6.10 Å². The van der Waals surface area contributed by atoms with Crippen LogP contribution in [0.25, 0.3) is 0 Å². The van der Waals surface area contributed by atoms with Gasteiger partial charge in [0.1, 0.15) is 0 Å². The van der Waals surface area contributed by atoms with Crippen LogP contribution >= 0.6 is 11.6 Å². The number of aliphatic hydroxyl groups excluding tert-OH is 1. The highest BCUT2D eigenvalue weighted by Gasteiger charge is 2.42.